The van der Waals surface area contributed by atoms with E-state index in [4.69, 9.17) is 9.47 Å². The van der Waals surface area contributed by atoms with Crippen LogP contribution in [0.1, 0.15) is 30.4 Å². The van der Waals surface area contributed by atoms with Crippen LogP contribution in [-0.4, -0.2) is 34.9 Å². The molecule has 1 amide bonds. The van der Waals surface area contributed by atoms with Crippen LogP contribution in [0.15, 0.2) is 35.8 Å². The summed E-state index contributed by atoms with van der Waals surface area (Å²) in [6.45, 7) is 3.95. The van der Waals surface area contributed by atoms with Crippen molar-refractivity contribution >= 4 is 22.4 Å². The topological polar surface area (TPSA) is 78.3 Å². The molecule has 0 radical (unpaired) electrons. The molecule has 0 aliphatic rings. The van der Waals surface area contributed by atoms with Gasteiger partial charge in [-0.3, -0.25) is 14.8 Å². The number of anilines is 1. The molecule has 7 nitrogen and oxygen atoms in total. The fraction of sp³-hybridized carbons (Fsp3) is 0.278. The summed E-state index contributed by atoms with van der Waals surface area (Å²) in [4.78, 5) is 17.0. The van der Waals surface area contributed by atoms with E-state index in [1.165, 1.54) is 11.3 Å². The number of hydrogen-bond donors (Lipinski definition) is 1. The van der Waals surface area contributed by atoms with Gasteiger partial charge >= 0.3 is 0 Å². The van der Waals surface area contributed by atoms with Crippen molar-refractivity contribution in [3.63, 3.8) is 0 Å². The largest absolute Gasteiger partial charge is 0.493 e. The lowest BCUT2D eigenvalue weighted by Gasteiger charge is -2.10. The lowest BCUT2D eigenvalue weighted by molar-refractivity contribution is 0.101. The quantitative estimate of drug-likeness (QED) is 0.711. The van der Waals surface area contributed by atoms with Crippen LogP contribution in [0.25, 0.3) is 11.3 Å². The lowest BCUT2D eigenvalue weighted by Crippen LogP contribution is -2.18. The molecule has 1 aromatic carbocycles. The zero-order valence-corrected chi connectivity index (χ0v) is 15.8. The first-order valence-electron chi connectivity index (χ1n) is 8.06. The van der Waals surface area contributed by atoms with Crippen molar-refractivity contribution in [1.29, 1.82) is 0 Å². The molecule has 0 saturated heterocycles. The Balaban J connectivity index is 1.80. The van der Waals surface area contributed by atoms with Gasteiger partial charge in [0, 0.05) is 23.2 Å². The van der Waals surface area contributed by atoms with Crippen LogP contribution in [0.2, 0.25) is 0 Å². The van der Waals surface area contributed by atoms with Gasteiger partial charge in [-0.05, 0) is 38.1 Å². The van der Waals surface area contributed by atoms with Crippen molar-refractivity contribution < 1.29 is 14.3 Å². The predicted octanol–water partition coefficient (Wildman–Crippen LogP) is 3.86. The van der Waals surface area contributed by atoms with Crippen LogP contribution >= 0.6 is 11.3 Å². The van der Waals surface area contributed by atoms with Crippen molar-refractivity contribution in [2.24, 2.45) is 0 Å². The predicted molar refractivity (Wildman–Crippen MR) is 101 cm³/mol. The molecule has 3 rings (SSSR count). The molecule has 0 bridgehead atoms. The maximum absolute atomic E-state index is 12.5. The highest BCUT2D eigenvalue weighted by molar-refractivity contribution is 7.14. The van der Waals surface area contributed by atoms with Crippen LogP contribution in [0.4, 0.5) is 5.13 Å². The van der Waals surface area contributed by atoms with E-state index in [9.17, 15) is 4.79 Å². The van der Waals surface area contributed by atoms with Crippen LogP contribution in [0.5, 0.6) is 11.5 Å². The molecule has 0 saturated carbocycles. The van der Waals surface area contributed by atoms with Gasteiger partial charge in [0.2, 0.25) is 0 Å². The van der Waals surface area contributed by atoms with E-state index in [-0.39, 0.29) is 11.9 Å². The number of rotatable bonds is 6. The maximum Gasteiger partial charge on any atom is 0.275 e. The van der Waals surface area contributed by atoms with E-state index >= 15 is 0 Å². The smallest absolute Gasteiger partial charge is 0.275 e. The monoisotopic (exact) mass is 372 g/mol. The van der Waals surface area contributed by atoms with Gasteiger partial charge in [0.05, 0.1) is 19.9 Å². The summed E-state index contributed by atoms with van der Waals surface area (Å²) in [5.41, 5.74) is 2.14. The van der Waals surface area contributed by atoms with E-state index < -0.39 is 0 Å². The first-order chi connectivity index (χ1) is 12.5. The molecule has 8 heteroatoms. The second-order valence-corrected chi connectivity index (χ2v) is 6.67. The van der Waals surface area contributed by atoms with Gasteiger partial charge in [0.1, 0.15) is 5.69 Å². The van der Waals surface area contributed by atoms with E-state index in [0.717, 1.165) is 11.3 Å². The van der Waals surface area contributed by atoms with Gasteiger partial charge in [0.15, 0.2) is 16.6 Å². The van der Waals surface area contributed by atoms with Crippen molar-refractivity contribution in [1.82, 2.24) is 14.8 Å². The van der Waals surface area contributed by atoms with Crippen molar-refractivity contribution in [2.75, 3.05) is 19.5 Å². The van der Waals surface area contributed by atoms with Crippen LogP contribution in [-0.2, 0) is 0 Å². The molecule has 1 N–H and O–H groups in total. The number of thiazole rings is 1. The maximum atomic E-state index is 12.5. The molecule has 2 heterocycles. The zero-order valence-electron chi connectivity index (χ0n) is 15.0. The number of amides is 1. The number of nitrogens with one attached hydrogen (secondary N) is 1. The molecule has 26 heavy (non-hydrogen) atoms. The highest BCUT2D eigenvalue weighted by Gasteiger charge is 2.16. The van der Waals surface area contributed by atoms with Gasteiger partial charge in [-0.25, -0.2) is 4.98 Å². The van der Waals surface area contributed by atoms with Crippen molar-refractivity contribution in [3.8, 4) is 22.8 Å². The molecule has 0 aliphatic heterocycles. The Morgan fingerprint density at radius 2 is 1.96 bits per heavy atom. The molecule has 0 atom stereocenters. The minimum Gasteiger partial charge on any atom is -0.493 e. The molecule has 2 aromatic heterocycles. The molecule has 3 aromatic rings. The minimum absolute atomic E-state index is 0.101. The van der Waals surface area contributed by atoms with E-state index in [2.05, 4.69) is 15.4 Å². The first-order valence-corrected chi connectivity index (χ1v) is 8.94. The second-order valence-electron chi connectivity index (χ2n) is 5.82. The normalized spacial score (nSPS) is 10.8. The van der Waals surface area contributed by atoms with Gasteiger partial charge in [-0.2, -0.15) is 5.10 Å². The number of carbonyl (C=O) groups is 1. The Labute approximate surface area is 155 Å². The number of ether oxygens (including phenoxy) is 2. The third-order valence-electron chi connectivity index (χ3n) is 3.80. The van der Waals surface area contributed by atoms with Crippen molar-refractivity contribution in [3.05, 3.63) is 41.5 Å². The van der Waals surface area contributed by atoms with Crippen LogP contribution in [0.3, 0.4) is 0 Å². The summed E-state index contributed by atoms with van der Waals surface area (Å²) in [5.74, 6) is 1.05. The average molecular weight is 372 g/mol. The number of aromatic nitrogens is 3. The number of hydrogen-bond acceptors (Lipinski definition) is 6. The third kappa shape index (κ3) is 3.55. The summed E-state index contributed by atoms with van der Waals surface area (Å²) in [6, 6.07) is 7.37. The van der Waals surface area contributed by atoms with Gasteiger partial charge < -0.3 is 9.47 Å². The Morgan fingerprint density at radius 1 is 1.19 bits per heavy atom. The average Bonchev–Trinajstić information content (AvgIpc) is 3.30. The molecule has 0 unspecified atom stereocenters. The van der Waals surface area contributed by atoms with Crippen LogP contribution < -0.4 is 14.8 Å². The Morgan fingerprint density at radius 3 is 2.65 bits per heavy atom. The summed E-state index contributed by atoms with van der Waals surface area (Å²) in [5, 5.41) is 9.42. The van der Waals surface area contributed by atoms with E-state index in [1.807, 2.05) is 37.4 Å². The number of methoxy groups -OCH3 is 2. The second kappa shape index (κ2) is 7.57. The standard InChI is InChI=1S/C18H20N4O3S/c1-11(2)22-14(7-8-19-22)17(23)21-18-20-13(10-26-18)12-5-6-15(24-3)16(9-12)25-4/h5-11H,1-4H3,(H,20,21,23). The highest BCUT2D eigenvalue weighted by Crippen LogP contribution is 2.33. The summed E-state index contributed by atoms with van der Waals surface area (Å²) in [6.07, 6.45) is 1.62. The molecule has 136 valence electrons. The fourth-order valence-corrected chi connectivity index (χ4v) is 3.24. The Bertz CT molecular complexity index is 917. The third-order valence-corrected chi connectivity index (χ3v) is 4.55. The highest BCUT2D eigenvalue weighted by atomic mass is 32.1. The lowest BCUT2D eigenvalue weighted by atomic mass is 10.1. The number of carbonyl (C=O) groups excluding carboxylic acids is 1. The van der Waals surface area contributed by atoms with Gasteiger partial charge in [-0.15, -0.1) is 11.3 Å². The first kappa shape index (κ1) is 17.9. The van der Waals surface area contributed by atoms with Gasteiger partial charge in [0.25, 0.3) is 5.91 Å². The molecule has 0 spiro atoms. The number of nitrogens with zero attached hydrogens (tertiary/aromatic N) is 3. The van der Waals surface area contributed by atoms with Crippen molar-refractivity contribution in [2.45, 2.75) is 19.9 Å². The Hall–Kier alpha value is -2.87. The Kier molecular flexibility index (Phi) is 5.22. The fourth-order valence-electron chi connectivity index (χ4n) is 2.53. The van der Waals surface area contributed by atoms with E-state index in [1.54, 1.807) is 31.2 Å². The SMILES string of the molecule is COc1ccc(-c2csc(NC(=O)c3ccnn3C(C)C)n2)cc1OC. The minimum atomic E-state index is -0.232. The number of benzene rings is 1. The van der Waals surface area contributed by atoms with E-state index in [0.29, 0.717) is 22.3 Å². The summed E-state index contributed by atoms with van der Waals surface area (Å²) < 4.78 is 12.3. The zero-order chi connectivity index (χ0) is 18.7. The molecule has 0 fully saturated rings. The summed E-state index contributed by atoms with van der Waals surface area (Å²) in [7, 11) is 3.18. The van der Waals surface area contributed by atoms with Gasteiger partial charge in [-0.1, -0.05) is 0 Å². The molecule has 0 aliphatic carbocycles. The molecular weight excluding hydrogens is 352 g/mol. The molecular formula is C18H20N4O3S. The summed E-state index contributed by atoms with van der Waals surface area (Å²) >= 11 is 1.36. The van der Waals surface area contributed by atoms with Crippen LogP contribution in [0, 0.1) is 0 Å².